The first kappa shape index (κ1) is 11.3. The number of hydrogen-bond acceptors (Lipinski definition) is 2. The van der Waals surface area contributed by atoms with Crippen LogP contribution < -0.4 is 0 Å². The van der Waals surface area contributed by atoms with Gasteiger partial charge in [0.1, 0.15) is 0 Å². The summed E-state index contributed by atoms with van der Waals surface area (Å²) in [6.45, 7) is 3.55. The fourth-order valence-corrected chi connectivity index (χ4v) is 1.99. The molecular weight excluding hydrogens is 186 g/mol. The molecule has 1 rings (SSSR count). The number of likely N-dealkylation sites (tertiary alicyclic amines) is 1. The zero-order valence-corrected chi connectivity index (χ0v) is 9.22. The van der Waals surface area contributed by atoms with Crippen LogP contribution in [0.15, 0.2) is 0 Å². The SMILES string of the molecule is COC1CCN(CCCCCCl)C1. The molecule has 0 saturated carbocycles. The molecule has 1 unspecified atom stereocenters. The van der Waals surface area contributed by atoms with Crippen LogP contribution in [0, 0.1) is 0 Å². The lowest BCUT2D eigenvalue weighted by molar-refractivity contribution is 0.108. The van der Waals surface area contributed by atoms with Crippen LogP contribution in [0.5, 0.6) is 0 Å². The number of halogens is 1. The van der Waals surface area contributed by atoms with Crippen molar-refractivity contribution >= 4 is 11.6 Å². The first-order valence-electron chi connectivity index (χ1n) is 5.18. The van der Waals surface area contributed by atoms with Gasteiger partial charge in [-0.25, -0.2) is 0 Å². The van der Waals surface area contributed by atoms with Gasteiger partial charge in [0.05, 0.1) is 6.10 Å². The predicted molar refractivity (Wildman–Crippen MR) is 56.4 cm³/mol. The first-order valence-corrected chi connectivity index (χ1v) is 5.71. The number of ether oxygens (including phenoxy) is 1. The van der Waals surface area contributed by atoms with Crippen LogP contribution in [0.25, 0.3) is 0 Å². The number of unbranched alkanes of at least 4 members (excludes halogenated alkanes) is 2. The van der Waals surface area contributed by atoms with Gasteiger partial charge in [-0.3, -0.25) is 0 Å². The summed E-state index contributed by atoms with van der Waals surface area (Å²) in [5, 5.41) is 0. The van der Waals surface area contributed by atoms with Crippen LogP contribution in [0.2, 0.25) is 0 Å². The third-order valence-corrected chi connectivity index (χ3v) is 2.94. The average molecular weight is 206 g/mol. The summed E-state index contributed by atoms with van der Waals surface area (Å²) in [6.07, 6.45) is 5.38. The van der Waals surface area contributed by atoms with Gasteiger partial charge in [-0.15, -0.1) is 11.6 Å². The molecule has 1 heterocycles. The molecule has 0 aromatic heterocycles. The second-order valence-electron chi connectivity index (χ2n) is 3.70. The minimum absolute atomic E-state index is 0.480. The number of rotatable bonds is 6. The maximum Gasteiger partial charge on any atom is 0.0710 e. The van der Waals surface area contributed by atoms with E-state index < -0.39 is 0 Å². The summed E-state index contributed by atoms with van der Waals surface area (Å²) in [5.41, 5.74) is 0. The molecule has 1 aliphatic heterocycles. The Bertz CT molecular complexity index is 132. The molecule has 1 atom stereocenters. The Balaban J connectivity index is 1.97. The second kappa shape index (κ2) is 6.63. The van der Waals surface area contributed by atoms with Gasteiger partial charge < -0.3 is 9.64 Å². The van der Waals surface area contributed by atoms with Crippen LogP contribution in [0.3, 0.4) is 0 Å². The largest absolute Gasteiger partial charge is 0.380 e. The molecule has 0 amide bonds. The standard InChI is InChI=1S/C10H20ClNO/c1-13-10-5-8-12(9-10)7-4-2-3-6-11/h10H,2-9H2,1H3. The minimum Gasteiger partial charge on any atom is -0.380 e. The van der Waals surface area contributed by atoms with E-state index in [4.69, 9.17) is 16.3 Å². The Kier molecular flexibility index (Phi) is 5.76. The minimum atomic E-state index is 0.480. The Hall–Kier alpha value is 0.210. The van der Waals surface area contributed by atoms with Crippen LogP contribution in [-0.4, -0.2) is 43.6 Å². The Labute approximate surface area is 86.2 Å². The molecule has 0 N–H and O–H groups in total. The summed E-state index contributed by atoms with van der Waals surface area (Å²) >= 11 is 5.61. The molecule has 1 aliphatic rings. The molecule has 0 aromatic carbocycles. The summed E-state index contributed by atoms with van der Waals surface area (Å²) in [4.78, 5) is 2.49. The van der Waals surface area contributed by atoms with Crippen molar-refractivity contribution in [1.82, 2.24) is 4.90 Å². The highest BCUT2D eigenvalue weighted by Gasteiger charge is 2.20. The Morgan fingerprint density at radius 2 is 2.23 bits per heavy atom. The van der Waals surface area contributed by atoms with E-state index in [0.29, 0.717) is 6.10 Å². The maximum atomic E-state index is 5.61. The fourth-order valence-electron chi connectivity index (χ4n) is 1.80. The summed E-state index contributed by atoms with van der Waals surface area (Å²) in [7, 11) is 1.81. The quantitative estimate of drug-likeness (QED) is 0.487. The highest BCUT2D eigenvalue weighted by atomic mass is 35.5. The Morgan fingerprint density at radius 1 is 1.38 bits per heavy atom. The lowest BCUT2D eigenvalue weighted by atomic mass is 10.2. The van der Waals surface area contributed by atoms with E-state index in [0.717, 1.165) is 18.8 Å². The molecule has 3 heteroatoms. The van der Waals surface area contributed by atoms with E-state index >= 15 is 0 Å². The van der Waals surface area contributed by atoms with Crippen LogP contribution in [-0.2, 0) is 4.74 Å². The summed E-state index contributed by atoms with van der Waals surface area (Å²) in [5.74, 6) is 0.806. The van der Waals surface area contributed by atoms with E-state index in [9.17, 15) is 0 Å². The van der Waals surface area contributed by atoms with Crippen molar-refractivity contribution < 1.29 is 4.74 Å². The smallest absolute Gasteiger partial charge is 0.0710 e. The lowest BCUT2D eigenvalue weighted by Crippen LogP contribution is -2.23. The second-order valence-corrected chi connectivity index (χ2v) is 4.07. The third kappa shape index (κ3) is 4.30. The van der Waals surface area contributed by atoms with Gasteiger partial charge in [-0.1, -0.05) is 6.42 Å². The van der Waals surface area contributed by atoms with Crippen molar-refractivity contribution in [3.63, 3.8) is 0 Å². The molecule has 1 fully saturated rings. The predicted octanol–water partition coefficient (Wildman–Crippen LogP) is 2.12. The topological polar surface area (TPSA) is 12.5 Å². The first-order chi connectivity index (χ1) is 6.36. The van der Waals surface area contributed by atoms with Crippen LogP contribution in [0.1, 0.15) is 25.7 Å². The van der Waals surface area contributed by atoms with Crippen molar-refractivity contribution in [2.45, 2.75) is 31.8 Å². The summed E-state index contributed by atoms with van der Waals surface area (Å²) < 4.78 is 5.31. The number of nitrogens with zero attached hydrogens (tertiary/aromatic N) is 1. The van der Waals surface area contributed by atoms with E-state index in [1.807, 2.05) is 7.11 Å². The molecule has 0 aromatic rings. The highest BCUT2D eigenvalue weighted by molar-refractivity contribution is 6.17. The van der Waals surface area contributed by atoms with Crippen LogP contribution >= 0.6 is 11.6 Å². The molecule has 78 valence electrons. The zero-order valence-electron chi connectivity index (χ0n) is 8.47. The Morgan fingerprint density at radius 3 is 2.85 bits per heavy atom. The van der Waals surface area contributed by atoms with Gasteiger partial charge in [0, 0.05) is 26.1 Å². The van der Waals surface area contributed by atoms with Gasteiger partial charge >= 0.3 is 0 Å². The number of methoxy groups -OCH3 is 1. The molecule has 0 radical (unpaired) electrons. The number of hydrogen-bond donors (Lipinski definition) is 0. The van der Waals surface area contributed by atoms with E-state index in [1.165, 1.54) is 32.4 Å². The van der Waals surface area contributed by atoms with Gasteiger partial charge in [-0.2, -0.15) is 0 Å². The van der Waals surface area contributed by atoms with E-state index in [1.54, 1.807) is 0 Å². The molecule has 0 spiro atoms. The van der Waals surface area contributed by atoms with Gasteiger partial charge in [0.2, 0.25) is 0 Å². The van der Waals surface area contributed by atoms with E-state index in [-0.39, 0.29) is 0 Å². The van der Waals surface area contributed by atoms with Crippen LogP contribution in [0.4, 0.5) is 0 Å². The number of alkyl halides is 1. The van der Waals surface area contributed by atoms with Crippen molar-refractivity contribution in [3.8, 4) is 0 Å². The van der Waals surface area contributed by atoms with Crippen molar-refractivity contribution in [2.24, 2.45) is 0 Å². The normalized spacial score (nSPS) is 24.0. The molecule has 0 aliphatic carbocycles. The molecule has 0 bridgehead atoms. The molecular formula is C10H20ClNO. The van der Waals surface area contributed by atoms with Crippen molar-refractivity contribution in [3.05, 3.63) is 0 Å². The van der Waals surface area contributed by atoms with Gasteiger partial charge in [0.15, 0.2) is 0 Å². The lowest BCUT2D eigenvalue weighted by Gasteiger charge is -2.14. The molecule has 1 saturated heterocycles. The van der Waals surface area contributed by atoms with Crippen molar-refractivity contribution in [2.75, 3.05) is 32.6 Å². The van der Waals surface area contributed by atoms with Crippen molar-refractivity contribution in [1.29, 1.82) is 0 Å². The fraction of sp³-hybridized carbons (Fsp3) is 1.00. The van der Waals surface area contributed by atoms with Gasteiger partial charge in [-0.05, 0) is 25.8 Å². The average Bonchev–Trinajstić information content (AvgIpc) is 2.60. The highest BCUT2D eigenvalue weighted by Crippen LogP contribution is 2.12. The zero-order chi connectivity index (χ0) is 9.52. The molecule has 2 nitrogen and oxygen atoms in total. The van der Waals surface area contributed by atoms with Gasteiger partial charge in [0.25, 0.3) is 0 Å². The maximum absolute atomic E-state index is 5.61. The molecule has 13 heavy (non-hydrogen) atoms. The van der Waals surface area contributed by atoms with E-state index in [2.05, 4.69) is 4.90 Å². The third-order valence-electron chi connectivity index (χ3n) is 2.67. The monoisotopic (exact) mass is 205 g/mol. The summed E-state index contributed by atoms with van der Waals surface area (Å²) in [6, 6.07) is 0.